The molecule has 0 saturated heterocycles. The molecule has 0 aliphatic rings. The van der Waals surface area contributed by atoms with Gasteiger partial charge in [-0.05, 0) is 14.1 Å². The van der Waals surface area contributed by atoms with Crippen LogP contribution in [0.5, 0.6) is 0 Å². The largest absolute Gasteiger partial charge is 0.382 e. The third-order valence-corrected chi connectivity index (χ3v) is 2.12. The molecular formula is C11H19N5O2. The highest BCUT2D eigenvalue weighted by molar-refractivity contribution is 5.91. The van der Waals surface area contributed by atoms with Crippen LogP contribution in [0.25, 0.3) is 0 Å². The number of carbonyl (C=O) groups excluding carboxylic acids is 1. The first-order chi connectivity index (χ1) is 8.59. The first kappa shape index (κ1) is 14.3. The zero-order valence-electron chi connectivity index (χ0n) is 10.7. The Bertz CT molecular complexity index is 366. The Kier molecular flexibility index (Phi) is 6.03. The fourth-order valence-corrected chi connectivity index (χ4v) is 1.13. The second kappa shape index (κ2) is 7.57. The zero-order valence-corrected chi connectivity index (χ0v) is 10.7. The van der Waals surface area contributed by atoms with E-state index in [-0.39, 0.29) is 11.6 Å². The average molecular weight is 253 g/mol. The first-order valence-electron chi connectivity index (χ1n) is 5.68. The van der Waals surface area contributed by atoms with Gasteiger partial charge in [0.2, 0.25) is 0 Å². The number of nitrogen functional groups attached to an aromatic ring is 1. The molecule has 0 spiro atoms. The summed E-state index contributed by atoms with van der Waals surface area (Å²) < 4.78 is 5.34. The van der Waals surface area contributed by atoms with E-state index in [1.807, 2.05) is 19.0 Å². The lowest BCUT2D eigenvalue weighted by molar-refractivity contribution is 0.0895. The number of ether oxygens (including phenoxy) is 1. The van der Waals surface area contributed by atoms with Crippen molar-refractivity contribution in [1.82, 2.24) is 20.2 Å². The molecular weight excluding hydrogens is 234 g/mol. The van der Waals surface area contributed by atoms with Crippen LogP contribution in [-0.4, -0.2) is 61.2 Å². The van der Waals surface area contributed by atoms with Gasteiger partial charge in [-0.2, -0.15) is 0 Å². The Morgan fingerprint density at radius 2 is 2.17 bits per heavy atom. The van der Waals surface area contributed by atoms with Gasteiger partial charge < -0.3 is 20.7 Å². The maximum absolute atomic E-state index is 11.6. The molecule has 0 aromatic carbocycles. The number of rotatable bonds is 7. The Morgan fingerprint density at radius 3 is 2.78 bits per heavy atom. The summed E-state index contributed by atoms with van der Waals surface area (Å²) in [5, 5.41) is 2.69. The maximum Gasteiger partial charge on any atom is 0.271 e. The van der Waals surface area contributed by atoms with E-state index in [9.17, 15) is 4.79 Å². The van der Waals surface area contributed by atoms with Crippen LogP contribution >= 0.6 is 0 Å². The number of anilines is 1. The lowest BCUT2D eigenvalue weighted by Gasteiger charge is -2.10. The lowest BCUT2D eigenvalue weighted by atomic mass is 10.4. The highest BCUT2D eigenvalue weighted by Crippen LogP contribution is 1.95. The monoisotopic (exact) mass is 253 g/mol. The molecule has 3 N–H and O–H groups in total. The van der Waals surface area contributed by atoms with Gasteiger partial charge >= 0.3 is 0 Å². The fraction of sp³-hybridized carbons (Fsp3) is 0.545. The van der Waals surface area contributed by atoms with Crippen LogP contribution in [0.4, 0.5) is 5.82 Å². The van der Waals surface area contributed by atoms with Crippen molar-refractivity contribution in [2.75, 3.05) is 46.1 Å². The summed E-state index contributed by atoms with van der Waals surface area (Å²) in [5.74, 6) is 0.0114. The number of nitrogens with zero attached hydrogens (tertiary/aromatic N) is 3. The minimum absolute atomic E-state index is 0.248. The van der Waals surface area contributed by atoms with Gasteiger partial charge in [0.1, 0.15) is 11.5 Å². The van der Waals surface area contributed by atoms with Crippen molar-refractivity contribution in [2.24, 2.45) is 0 Å². The highest BCUT2D eigenvalue weighted by Gasteiger charge is 2.06. The smallest absolute Gasteiger partial charge is 0.271 e. The van der Waals surface area contributed by atoms with E-state index in [0.717, 1.165) is 6.54 Å². The van der Waals surface area contributed by atoms with Crippen LogP contribution in [-0.2, 0) is 4.74 Å². The van der Waals surface area contributed by atoms with Crippen molar-refractivity contribution in [3.63, 3.8) is 0 Å². The Hall–Kier alpha value is -1.73. The van der Waals surface area contributed by atoms with E-state index in [1.54, 1.807) is 0 Å². The van der Waals surface area contributed by atoms with Crippen LogP contribution in [0, 0.1) is 0 Å². The molecule has 1 amide bonds. The summed E-state index contributed by atoms with van der Waals surface area (Å²) in [7, 11) is 3.95. The molecule has 1 rings (SSSR count). The van der Waals surface area contributed by atoms with Crippen molar-refractivity contribution in [2.45, 2.75) is 0 Å². The molecule has 0 atom stereocenters. The quantitative estimate of drug-likeness (QED) is 0.628. The van der Waals surface area contributed by atoms with E-state index in [1.165, 1.54) is 12.4 Å². The van der Waals surface area contributed by atoms with Gasteiger partial charge in [0.25, 0.3) is 5.91 Å². The number of carbonyl (C=O) groups is 1. The first-order valence-corrected chi connectivity index (χ1v) is 5.68. The fourth-order valence-electron chi connectivity index (χ4n) is 1.13. The highest BCUT2D eigenvalue weighted by atomic mass is 16.5. The third kappa shape index (κ3) is 5.55. The molecule has 0 unspecified atom stereocenters. The van der Waals surface area contributed by atoms with Crippen molar-refractivity contribution < 1.29 is 9.53 Å². The van der Waals surface area contributed by atoms with Gasteiger partial charge in [-0.3, -0.25) is 4.79 Å². The molecule has 1 aromatic rings. The van der Waals surface area contributed by atoms with Gasteiger partial charge in [0.05, 0.1) is 25.6 Å². The Balaban J connectivity index is 2.16. The van der Waals surface area contributed by atoms with Crippen molar-refractivity contribution in [1.29, 1.82) is 0 Å². The molecule has 0 bridgehead atoms. The predicted octanol–water partition coefficient (Wildman–Crippen LogP) is -0.633. The number of likely N-dealkylation sites (N-methyl/N-ethyl adjacent to an activating group) is 1. The minimum atomic E-state index is -0.279. The normalized spacial score (nSPS) is 10.6. The van der Waals surface area contributed by atoms with Gasteiger partial charge in [-0.1, -0.05) is 0 Å². The second-order valence-electron chi connectivity index (χ2n) is 4.00. The number of hydrogen-bond donors (Lipinski definition) is 2. The lowest BCUT2D eigenvalue weighted by Crippen LogP contribution is -2.29. The van der Waals surface area contributed by atoms with E-state index in [0.29, 0.717) is 25.6 Å². The molecule has 0 aliphatic heterocycles. The van der Waals surface area contributed by atoms with Crippen LogP contribution in [0.15, 0.2) is 12.4 Å². The summed E-state index contributed by atoms with van der Waals surface area (Å²) in [6.07, 6.45) is 2.69. The molecule has 1 heterocycles. The Labute approximate surface area is 106 Å². The second-order valence-corrected chi connectivity index (χ2v) is 4.00. The van der Waals surface area contributed by atoms with E-state index >= 15 is 0 Å². The average Bonchev–Trinajstić information content (AvgIpc) is 2.34. The van der Waals surface area contributed by atoms with Crippen molar-refractivity contribution in [3.8, 4) is 0 Å². The molecule has 0 aliphatic carbocycles. The van der Waals surface area contributed by atoms with E-state index in [4.69, 9.17) is 10.5 Å². The minimum Gasteiger partial charge on any atom is -0.382 e. The standard InChI is InChI=1S/C11H19N5O2/c1-16(2)4-6-18-5-3-13-11(17)9-7-15-10(12)8-14-9/h7-8H,3-6H2,1-2H3,(H2,12,15)(H,13,17). The topological polar surface area (TPSA) is 93.4 Å². The molecule has 7 heteroatoms. The van der Waals surface area contributed by atoms with Crippen LogP contribution < -0.4 is 11.1 Å². The summed E-state index contributed by atoms with van der Waals surface area (Å²) >= 11 is 0. The summed E-state index contributed by atoms with van der Waals surface area (Å²) in [6.45, 7) is 2.42. The SMILES string of the molecule is CN(C)CCOCCNC(=O)c1cnc(N)cn1. The molecule has 0 saturated carbocycles. The number of amides is 1. The van der Waals surface area contributed by atoms with Crippen LogP contribution in [0.3, 0.4) is 0 Å². The summed E-state index contributed by atoms with van der Waals surface area (Å²) in [6, 6.07) is 0. The molecule has 18 heavy (non-hydrogen) atoms. The summed E-state index contributed by atoms with van der Waals surface area (Å²) in [5.41, 5.74) is 5.62. The van der Waals surface area contributed by atoms with Crippen LogP contribution in [0.2, 0.25) is 0 Å². The van der Waals surface area contributed by atoms with E-state index < -0.39 is 0 Å². The van der Waals surface area contributed by atoms with E-state index in [2.05, 4.69) is 15.3 Å². The maximum atomic E-state index is 11.6. The Morgan fingerprint density at radius 1 is 1.39 bits per heavy atom. The van der Waals surface area contributed by atoms with Gasteiger partial charge in [-0.15, -0.1) is 0 Å². The van der Waals surface area contributed by atoms with Gasteiger partial charge in [-0.25, -0.2) is 9.97 Å². The predicted molar refractivity (Wildman–Crippen MR) is 68.2 cm³/mol. The number of nitrogens with two attached hydrogens (primary N) is 1. The van der Waals surface area contributed by atoms with Crippen molar-refractivity contribution >= 4 is 11.7 Å². The number of nitrogens with one attached hydrogen (secondary N) is 1. The zero-order chi connectivity index (χ0) is 13.4. The number of hydrogen-bond acceptors (Lipinski definition) is 6. The summed E-state index contributed by atoms with van der Waals surface area (Å²) in [4.78, 5) is 21.3. The molecule has 0 fully saturated rings. The number of aromatic nitrogens is 2. The van der Waals surface area contributed by atoms with Crippen molar-refractivity contribution in [3.05, 3.63) is 18.1 Å². The van der Waals surface area contributed by atoms with Gasteiger partial charge in [0, 0.05) is 13.1 Å². The molecule has 100 valence electrons. The molecule has 0 radical (unpaired) electrons. The molecule has 1 aromatic heterocycles. The third-order valence-electron chi connectivity index (χ3n) is 2.12. The van der Waals surface area contributed by atoms with Gasteiger partial charge in [0.15, 0.2) is 0 Å². The van der Waals surface area contributed by atoms with Crippen LogP contribution in [0.1, 0.15) is 10.5 Å². The molecule has 7 nitrogen and oxygen atoms in total.